The Morgan fingerprint density at radius 3 is 2.48 bits per heavy atom. The van der Waals surface area contributed by atoms with Crippen LogP contribution < -0.4 is 15.0 Å². The maximum atomic E-state index is 12.7. The lowest BCUT2D eigenvalue weighted by Gasteiger charge is -2.37. The van der Waals surface area contributed by atoms with Gasteiger partial charge in [-0.2, -0.15) is 0 Å². The second-order valence-electron chi connectivity index (χ2n) is 8.07. The van der Waals surface area contributed by atoms with Gasteiger partial charge in [-0.15, -0.1) is 0 Å². The Balaban J connectivity index is 1.19. The third kappa shape index (κ3) is 5.89. The highest BCUT2D eigenvalue weighted by molar-refractivity contribution is 5.74. The summed E-state index contributed by atoms with van der Waals surface area (Å²) in [5.41, 5.74) is 2.47. The maximum Gasteiger partial charge on any atom is 0.317 e. The largest absolute Gasteiger partial charge is 0.497 e. The summed E-state index contributed by atoms with van der Waals surface area (Å²) in [6.45, 7) is 6.99. The fourth-order valence-corrected chi connectivity index (χ4v) is 4.16. The number of benzene rings is 2. The SMILES string of the molecule is COc1ccc(N2CCN(C(=O)NCC3CN(Cc4ccccc4)CCO3)CC2)cc1. The number of rotatable bonds is 6. The lowest BCUT2D eigenvalue weighted by molar-refractivity contribution is -0.0291. The van der Waals surface area contributed by atoms with E-state index < -0.39 is 0 Å². The van der Waals surface area contributed by atoms with Gasteiger partial charge in [0.15, 0.2) is 0 Å². The lowest BCUT2D eigenvalue weighted by atomic mass is 10.2. The van der Waals surface area contributed by atoms with E-state index >= 15 is 0 Å². The van der Waals surface area contributed by atoms with Crippen molar-refractivity contribution in [3.8, 4) is 5.75 Å². The van der Waals surface area contributed by atoms with E-state index in [4.69, 9.17) is 9.47 Å². The summed E-state index contributed by atoms with van der Waals surface area (Å²) in [6, 6.07) is 18.6. The van der Waals surface area contributed by atoms with Gasteiger partial charge in [-0.25, -0.2) is 4.79 Å². The first-order valence-electron chi connectivity index (χ1n) is 11.0. The Morgan fingerprint density at radius 2 is 1.77 bits per heavy atom. The molecule has 7 nitrogen and oxygen atoms in total. The molecule has 1 N–H and O–H groups in total. The van der Waals surface area contributed by atoms with Gasteiger partial charge in [-0.3, -0.25) is 4.90 Å². The predicted octanol–water partition coefficient (Wildman–Crippen LogP) is 2.43. The van der Waals surface area contributed by atoms with Crippen LogP contribution in [-0.4, -0.2) is 81.5 Å². The van der Waals surface area contributed by atoms with Crippen LogP contribution in [0.3, 0.4) is 0 Å². The molecule has 2 aliphatic rings. The predicted molar refractivity (Wildman–Crippen MR) is 122 cm³/mol. The van der Waals surface area contributed by atoms with Crippen LogP contribution in [0.25, 0.3) is 0 Å². The van der Waals surface area contributed by atoms with Crippen LogP contribution in [0.1, 0.15) is 5.56 Å². The Hall–Kier alpha value is -2.77. The normalized spacial score (nSPS) is 19.8. The van der Waals surface area contributed by atoms with Crippen LogP contribution in [0.4, 0.5) is 10.5 Å². The number of carbonyl (C=O) groups excluding carboxylic acids is 1. The number of urea groups is 1. The molecule has 2 amide bonds. The highest BCUT2D eigenvalue weighted by atomic mass is 16.5. The van der Waals surface area contributed by atoms with Crippen LogP contribution in [0, 0.1) is 0 Å². The topological polar surface area (TPSA) is 57.3 Å². The monoisotopic (exact) mass is 424 g/mol. The van der Waals surface area contributed by atoms with Gasteiger partial charge in [-0.1, -0.05) is 30.3 Å². The molecule has 31 heavy (non-hydrogen) atoms. The number of hydrogen-bond acceptors (Lipinski definition) is 5. The van der Waals surface area contributed by atoms with Crippen molar-refractivity contribution in [3.05, 3.63) is 60.2 Å². The minimum Gasteiger partial charge on any atom is -0.497 e. The summed E-state index contributed by atoms with van der Waals surface area (Å²) in [5.74, 6) is 0.856. The van der Waals surface area contributed by atoms with Crippen LogP contribution in [-0.2, 0) is 11.3 Å². The molecule has 2 heterocycles. The molecule has 0 bridgehead atoms. The molecule has 7 heteroatoms. The fraction of sp³-hybridized carbons (Fsp3) is 0.458. The van der Waals surface area contributed by atoms with Gasteiger partial charge >= 0.3 is 6.03 Å². The number of nitrogens with zero attached hydrogens (tertiary/aromatic N) is 3. The first-order chi connectivity index (χ1) is 15.2. The van der Waals surface area contributed by atoms with Gasteiger partial charge in [0.2, 0.25) is 0 Å². The highest BCUT2D eigenvalue weighted by Crippen LogP contribution is 2.20. The first kappa shape index (κ1) is 21.5. The molecule has 2 aromatic carbocycles. The molecule has 0 aromatic heterocycles. The van der Waals surface area contributed by atoms with E-state index in [1.165, 1.54) is 5.56 Å². The number of anilines is 1. The van der Waals surface area contributed by atoms with Crippen molar-refractivity contribution in [2.24, 2.45) is 0 Å². The zero-order chi connectivity index (χ0) is 21.5. The van der Waals surface area contributed by atoms with Crippen LogP contribution in [0.5, 0.6) is 5.75 Å². The summed E-state index contributed by atoms with van der Waals surface area (Å²) in [7, 11) is 1.67. The van der Waals surface area contributed by atoms with Crippen molar-refractivity contribution in [1.82, 2.24) is 15.1 Å². The van der Waals surface area contributed by atoms with Crippen molar-refractivity contribution in [3.63, 3.8) is 0 Å². The molecular weight excluding hydrogens is 392 g/mol. The summed E-state index contributed by atoms with van der Waals surface area (Å²) < 4.78 is 11.1. The first-order valence-corrected chi connectivity index (χ1v) is 11.0. The van der Waals surface area contributed by atoms with Gasteiger partial charge in [0.05, 0.1) is 19.8 Å². The fourth-order valence-electron chi connectivity index (χ4n) is 4.16. The third-order valence-corrected chi connectivity index (χ3v) is 5.96. The smallest absolute Gasteiger partial charge is 0.317 e. The van der Waals surface area contributed by atoms with Gasteiger partial charge in [0, 0.05) is 58.0 Å². The Morgan fingerprint density at radius 1 is 1.03 bits per heavy atom. The quantitative estimate of drug-likeness (QED) is 0.772. The van der Waals surface area contributed by atoms with E-state index in [2.05, 4.69) is 51.5 Å². The Labute approximate surface area is 184 Å². The van der Waals surface area contributed by atoms with Crippen molar-refractivity contribution in [1.29, 1.82) is 0 Å². The highest BCUT2D eigenvalue weighted by Gasteiger charge is 2.24. The molecule has 2 aromatic rings. The van der Waals surface area contributed by atoms with E-state index in [1.54, 1.807) is 7.11 Å². The average Bonchev–Trinajstić information content (AvgIpc) is 2.83. The number of piperazine rings is 1. The molecule has 4 rings (SSSR count). The number of amides is 2. The zero-order valence-electron chi connectivity index (χ0n) is 18.2. The summed E-state index contributed by atoms with van der Waals surface area (Å²) in [4.78, 5) is 19.2. The van der Waals surface area contributed by atoms with Crippen LogP contribution >= 0.6 is 0 Å². The minimum absolute atomic E-state index is 0.00170. The molecule has 0 spiro atoms. The van der Waals surface area contributed by atoms with E-state index in [1.807, 2.05) is 23.1 Å². The molecule has 0 radical (unpaired) electrons. The summed E-state index contributed by atoms with van der Waals surface area (Å²) in [6.07, 6.45) is 0.0296. The van der Waals surface area contributed by atoms with Crippen molar-refractivity contribution < 1.29 is 14.3 Å². The third-order valence-electron chi connectivity index (χ3n) is 5.96. The second-order valence-corrected chi connectivity index (χ2v) is 8.07. The maximum absolute atomic E-state index is 12.7. The Bertz CT molecular complexity index is 822. The number of carbonyl (C=O) groups is 1. The van der Waals surface area contributed by atoms with E-state index in [0.717, 1.165) is 44.2 Å². The van der Waals surface area contributed by atoms with E-state index in [0.29, 0.717) is 26.2 Å². The number of morpholine rings is 1. The van der Waals surface area contributed by atoms with Gasteiger partial charge < -0.3 is 24.6 Å². The molecular formula is C24H32N4O3. The van der Waals surface area contributed by atoms with Crippen LogP contribution in [0.2, 0.25) is 0 Å². The second kappa shape index (κ2) is 10.5. The molecule has 1 atom stereocenters. The van der Waals surface area contributed by atoms with E-state index in [9.17, 15) is 4.79 Å². The molecule has 2 aliphatic heterocycles. The number of hydrogen-bond donors (Lipinski definition) is 1. The lowest BCUT2D eigenvalue weighted by Crippen LogP contribution is -2.54. The summed E-state index contributed by atoms with van der Waals surface area (Å²) >= 11 is 0. The number of nitrogens with one attached hydrogen (secondary N) is 1. The van der Waals surface area contributed by atoms with Gasteiger partial charge in [0.25, 0.3) is 0 Å². The molecule has 2 saturated heterocycles. The molecule has 166 valence electrons. The van der Waals surface area contributed by atoms with Gasteiger partial charge in [-0.05, 0) is 29.8 Å². The minimum atomic E-state index is -0.00170. The number of methoxy groups -OCH3 is 1. The average molecular weight is 425 g/mol. The summed E-state index contributed by atoms with van der Waals surface area (Å²) in [5, 5.41) is 3.08. The number of ether oxygens (including phenoxy) is 2. The van der Waals surface area contributed by atoms with Crippen molar-refractivity contribution in [2.75, 3.05) is 64.4 Å². The molecule has 2 fully saturated rings. The van der Waals surface area contributed by atoms with Crippen molar-refractivity contribution in [2.45, 2.75) is 12.6 Å². The van der Waals surface area contributed by atoms with Gasteiger partial charge in [0.1, 0.15) is 5.75 Å². The van der Waals surface area contributed by atoms with E-state index in [-0.39, 0.29) is 12.1 Å². The Kier molecular flexibility index (Phi) is 7.27. The molecule has 1 unspecified atom stereocenters. The zero-order valence-corrected chi connectivity index (χ0v) is 18.2. The standard InChI is InChI=1S/C24H32N4O3/c1-30-22-9-7-21(8-10-22)27-11-13-28(14-12-27)24(29)25-17-23-19-26(15-16-31-23)18-20-5-3-2-4-6-20/h2-10,23H,11-19H2,1H3,(H,25,29). The molecule has 0 saturated carbocycles. The molecule has 0 aliphatic carbocycles. The van der Waals surface area contributed by atoms with Crippen molar-refractivity contribution >= 4 is 11.7 Å². The van der Waals surface area contributed by atoms with Crippen LogP contribution in [0.15, 0.2) is 54.6 Å².